The minimum Gasteiger partial charge on any atom is -0.542 e. The SMILES string of the molecule is CC(=O)O.CC(C)[C-]=O.[Na+]. The van der Waals surface area contributed by atoms with Crippen LogP contribution in [-0.2, 0) is 9.59 Å². The van der Waals surface area contributed by atoms with Gasteiger partial charge in [0.1, 0.15) is 0 Å². The number of hydrogen-bond donors (Lipinski definition) is 1. The second kappa shape index (κ2) is 11.9. The van der Waals surface area contributed by atoms with Crippen molar-refractivity contribution in [3.05, 3.63) is 0 Å². The summed E-state index contributed by atoms with van der Waals surface area (Å²) in [6.45, 7) is 4.68. The van der Waals surface area contributed by atoms with E-state index in [1.807, 2.05) is 0 Å². The number of aliphatic carboxylic acids is 1. The van der Waals surface area contributed by atoms with Crippen LogP contribution in [0.25, 0.3) is 0 Å². The van der Waals surface area contributed by atoms with E-state index in [1.165, 1.54) is 0 Å². The van der Waals surface area contributed by atoms with Crippen molar-refractivity contribution in [2.75, 3.05) is 0 Å². The van der Waals surface area contributed by atoms with Crippen LogP contribution < -0.4 is 29.6 Å². The molecule has 0 bridgehead atoms. The molecule has 10 heavy (non-hydrogen) atoms. The molecule has 0 radical (unpaired) electrons. The Labute approximate surface area is 83.1 Å². The van der Waals surface area contributed by atoms with Crippen molar-refractivity contribution in [2.24, 2.45) is 5.92 Å². The molecule has 0 aromatic rings. The van der Waals surface area contributed by atoms with Crippen LogP contribution in [0.3, 0.4) is 0 Å². The van der Waals surface area contributed by atoms with Crippen molar-refractivity contribution >= 4 is 12.3 Å². The summed E-state index contributed by atoms with van der Waals surface area (Å²) >= 11 is 0. The van der Waals surface area contributed by atoms with Gasteiger partial charge in [-0.15, -0.1) is 5.92 Å². The molecule has 0 atom stereocenters. The second-order valence-corrected chi connectivity index (χ2v) is 1.79. The van der Waals surface area contributed by atoms with Gasteiger partial charge >= 0.3 is 29.6 Å². The molecule has 3 nitrogen and oxygen atoms in total. The number of hydrogen-bond acceptors (Lipinski definition) is 2. The minimum absolute atomic E-state index is 0. The van der Waals surface area contributed by atoms with E-state index >= 15 is 0 Å². The van der Waals surface area contributed by atoms with Gasteiger partial charge in [0.25, 0.3) is 5.97 Å². The van der Waals surface area contributed by atoms with E-state index in [9.17, 15) is 4.79 Å². The van der Waals surface area contributed by atoms with Crippen LogP contribution in [0, 0.1) is 5.92 Å². The number of carbonyl (C=O) groups excluding carboxylic acids is 1. The summed E-state index contributed by atoms with van der Waals surface area (Å²) in [7, 11) is 0. The Morgan fingerprint density at radius 1 is 1.50 bits per heavy atom. The van der Waals surface area contributed by atoms with Crippen LogP contribution in [0.2, 0.25) is 0 Å². The molecular formula is C6H11NaO3. The van der Waals surface area contributed by atoms with Crippen molar-refractivity contribution in [1.29, 1.82) is 0 Å². The molecule has 0 aliphatic carbocycles. The predicted molar refractivity (Wildman–Crippen MR) is 33.8 cm³/mol. The van der Waals surface area contributed by atoms with Crippen LogP contribution in [0.15, 0.2) is 0 Å². The first-order chi connectivity index (χ1) is 4.00. The Balaban J connectivity index is -0.0000000910. The second-order valence-electron chi connectivity index (χ2n) is 1.79. The normalized spacial score (nSPS) is 6.80. The zero-order valence-corrected chi connectivity index (χ0v) is 8.84. The molecular weight excluding hydrogens is 143 g/mol. The van der Waals surface area contributed by atoms with Crippen LogP contribution in [0.1, 0.15) is 20.8 Å². The largest absolute Gasteiger partial charge is 1.00 e. The fourth-order valence-electron chi connectivity index (χ4n) is 0. The molecule has 0 aliphatic rings. The average molecular weight is 154 g/mol. The summed E-state index contributed by atoms with van der Waals surface area (Å²) in [5.74, 6) is -0.755. The molecule has 0 aromatic heterocycles. The van der Waals surface area contributed by atoms with E-state index in [0.29, 0.717) is 0 Å². The molecule has 0 saturated carbocycles. The standard InChI is InChI=1S/C4H7O.C2H4O2.Na/c1-4(2)3-5;1-2(3)4;/h4H,1-2H3;1H3,(H,3,4);/q-1;;+1. The van der Waals surface area contributed by atoms with Crippen LogP contribution in [0.5, 0.6) is 0 Å². The molecule has 4 heteroatoms. The third-order valence-electron chi connectivity index (χ3n) is 0.236. The number of carbonyl (C=O) groups is 1. The molecule has 0 aliphatic heterocycles. The average Bonchev–Trinajstić information content (AvgIpc) is 1.65. The van der Waals surface area contributed by atoms with Gasteiger partial charge < -0.3 is 9.90 Å². The van der Waals surface area contributed by atoms with E-state index in [4.69, 9.17) is 9.90 Å². The Kier molecular flexibility index (Phi) is 19.7. The van der Waals surface area contributed by atoms with Gasteiger partial charge in [-0.2, -0.15) is 0 Å². The Bertz CT molecular complexity index is 87.0. The molecule has 0 heterocycles. The fraction of sp³-hybridized carbons (Fsp3) is 0.667. The van der Waals surface area contributed by atoms with Gasteiger partial charge in [-0.1, -0.05) is 13.8 Å². The molecule has 0 rings (SSSR count). The van der Waals surface area contributed by atoms with Gasteiger partial charge in [0.2, 0.25) is 0 Å². The monoisotopic (exact) mass is 154 g/mol. The van der Waals surface area contributed by atoms with E-state index in [0.717, 1.165) is 6.92 Å². The topological polar surface area (TPSA) is 54.4 Å². The van der Waals surface area contributed by atoms with Crippen LogP contribution in [0.4, 0.5) is 0 Å². The Morgan fingerprint density at radius 3 is 1.60 bits per heavy atom. The third-order valence-corrected chi connectivity index (χ3v) is 0.236. The maximum Gasteiger partial charge on any atom is 1.00 e. The molecule has 0 spiro atoms. The summed E-state index contributed by atoms with van der Waals surface area (Å²) in [5, 5.41) is 7.42. The van der Waals surface area contributed by atoms with Crippen molar-refractivity contribution < 1.29 is 44.3 Å². The van der Waals surface area contributed by atoms with Gasteiger partial charge in [-0.3, -0.25) is 11.1 Å². The van der Waals surface area contributed by atoms with Gasteiger partial charge in [0.05, 0.1) is 0 Å². The summed E-state index contributed by atoms with van der Waals surface area (Å²) in [4.78, 5) is 18.4. The van der Waals surface area contributed by atoms with E-state index < -0.39 is 5.97 Å². The van der Waals surface area contributed by atoms with Gasteiger partial charge in [-0.25, -0.2) is 0 Å². The van der Waals surface area contributed by atoms with Crippen molar-refractivity contribution in [1.82, 2.24) is 0 Å². The van der Waals surface area contributed by atoms with E-state index in [-0.39, 0.29) is 35.5 Å². The van der Waals surface area contributed by atoms with Crippen LogP contribution in [-0.4, -0.2) is 17.4 Å². The van der Waals surface area contributed by atoms with E-state index in [2.05, 4.69) is 0 Å². The predicted octanol–water partition coefficient (Wildman–Crippen LogP) is -2.15. The first-order valence-corrected chi connectivity index (χ1v) is 2.58. The smallest absolute Gasteiger partial charge is 0.542 e. The fourth-order valence-corrected chi connectivity index (χ4v) is 0. The first kappa shape index (κ1) is 16.6. The zero-order valence-electron chi connectivity index (χ0n) is 6.84. The number of rotatable bonds is 1. The number of carboxylic acid groups (broad SMARTS) is 1. The molecule has 0 fully saturated rings. The van der Waals surface area contributed by atoms with Crippen LogP contribution >= 0.6 is 0 Å². The summed E-state index contributed by atoms with van der Waals surface area (Å²) in [6, 6.07) is 0. The molecule has 54 valence electrons. The molecule has 0 saturated heterocycles. The molecule has 0 amide bonds. The third kappa shape index (κ3) is 90.6. The van der Waals surface area contributed by atoms with Crippen molar-refractivity contribution in [2.45, 2.75) is 20.8 Å². The van der Waals surface area contributed by atoms with E-state index in [1.54, 1.807) is 20.1 Å². The summed E-state index contributed by atoms with van der Waals surface area (Å²) in [6.07, 6.45) is 1.78. The van der Waals surface area contributed by atoms with Gasteiger partial charge in [0, 0.05) is 6.92 Å². The molecule has 1 N–H and O–H groups in total. The first-order valence-electron chi connectivity index (χ1n) is 2.58. The maximum absolute atomic E-state index is 9.38. The van der Waals surface area contributed by atoms with Gasteiger partial charge in [0.15, 0.2) is 0 Å². The summed E-state index contributed by atoms with van der Waals surface area (Å²) < 4.78 is 0. The molecule has 0 unspecified atom stereocenters. The van der Waals surface area contributed by atoms with Gasteiger partial charge in [-0.05, 0) is 0 Å². The Hall–Kier alpha value is 0.140. The quantitative estimate of drug-likeness (QED) is 0.346. The van der Waals surface area contributed by atoms with Crippen molar-refractivity contribution in [3.63, 3.8) is 0 Å². The summed E-state index contributed by atoms with van der Waals surface area (Å²) in [5.41, 5.74) is 0. The van der Waals surface area contributed by atoms with Crippen molar-refractivity contribution in [3.8, 4) is 0 Å². The number of carboxylic acids is 1. The maximum atomic E-state index is 9.38. The zero-order chi connectivity index (χ0) is 7.86. The molecule has 0 aromatic carbocycles. The Morgan fingerprint density at radius 2 is 1.60 bits per heavy atom. The minimum atomic E-state index is -0.833.